The molecule has 134 valence electrons. The molecule has 0 bridgehead atoms. The largest absolute Gasteiger partial charge is 0.402 e. The fraction of sp³-hybridized carbons (Fsp3) is 0.0500. The second-order valence-corrected chi connectivity index (χ2v) is 6.24. The van der Waals surface area contributed by atoms with Gasteiger partial charge in [-0.3, -0.25) is 0 Å². The van der Waals surface area contributed by atoms with Crippen LogP contribution in [0.5, 0.6) is 0 Å². The summed E-state index contributed by atoms with van der Waals surface area (Å²) in [7, 11) is 0. The van der Waals surface area contributed by atoms with Gasteiger partial charge in [0.25, 0.3) is 0 Å². The normalized spacial score (nSPS) is 15.1. The molecule has 0 saturated carbocycles. The van der Waals surface area contributed by atoms with Crippen molar-refractivity contribution in [1.82, 2.24) is 9.78 Å². The monoisotopic (exact) mass is 381 g/mol. The van der Waals surface area contributed by atoms with E-state index in [0.717, 1.165) is 0 Å². The van der Waals surface area contributed by atoms with Crippen LogP contribution in [0.15, 0.2) is 65.3 Å². The summed E-state index contributed by atoms with van der Waals surface area (Å²) in [6.45, 7) is 1.76. The quantitative estimate of drug-likeness (QED) is 0.501. The molecular formula is C20H13ClFN3O2. The van der Waals surface area contributed by atoms with Gasteiger partial charge in [0.05, 0.1) is 11.4 Å². The van der Waals surface area contributed by atoms with Crippen LogP contribution in [-0.2, 0) is 9.53 Å². The van der Waals surface area contributed by atoms with Crippen molar-refractivity contribution in [2.45, 2.75) is 6.92 Å². The van der Waals surface area contributed by atoms with E-state index in [0.29, 0.717) is 27.7 Å². The summed E-state index contributed by atoms with van der Waals surface area (Å²) >= 11 is 6.45. The van der Waals surface area contributed by atoms with E-state index >= 15 is 0 Å². The van der Waals surface area contributed by atoms with Gasteiger partial charge in [0, 0.05) is 11.1 Å². The first-order chi connectivity index (χ1) is 13.0. The molecule has 0 spiro atoms. The van der Waals surface area contributed by atoms with Gasteiger partial charge in [-0.1, -0.05) is 29.8 Å². The average molecular weight is 382 g/mol. The SMILES string of the molecule is Cc1nn(-c2ccc(F)cc2)c(Cl)c1/C=C1/N=C(c2ccccc2)OC1=O. The Morgan fingerprint density at radius 3 is 2.52 bits per heavy atom. The minimum absolute atomic E-state index is 0.137. The molecule has 0 atom stereocenters. The summed E-state index contributed by atoms with van der Waals surface area (Å²) < 4.78 is 19.9. The highest BCUT2D eigenvalue weighted by atomic mass is 35.5. The maximum absolute atomic E-state index is 13.1. The van der Waals surface area contributed by atoms with Gasteiger partial charge < -0.3 is 4.74 Å². The number of halogens is 2. The Bertz CT molecular complexity index is 1090. The van der Waals surface area contributed by atoms with Gasteiger partial charge in [-0.25, -0.2) is 18.9 Å². The number of aromatic nitrogens is 2. The van der Waals surface area contributed by atoms with E-state index in [2.05, 4.69) is 10.1 Å². The predicted molar refractivity (Wildman–Crippen MR) is 100 cm³/mol. The molecule has 0 fully saturated rings. The van der Waals surface area contributed by atoms with Crippen LogP contribution in [0.3, 0.4) is 0 Å². The van der Waals surface area contributed by atoms with Crippen LogP contribution < -0.4 is 0 Å². The summed E-state index contributed by atoms with van der Waals surface area (Å²) in [6, 6.07) is 14.9. The summed E-state index contributed by atoms with van der Waals surface area (Å²) in [4.78, 5) is 16.5. The number of hydrogen-bond acceptors (Lipinski definition) is 4. The van der Waals surface area contributed by atoms with E-state index in [1.165, 1.54) is 16.8 Å². The number of carbonyl (C=O) groups is 1. The summed E-state index contributed by atoms with van der Waals surface area (Å²) in [6.07, 6.45) is 1.54. The molecule has 0 N–H and O–H groups in total. The number of benzene rings is 2. The maximum atomic E-state index is 13.1. The molecule has 0 unspecified atom stereocenters. The second-order valence-electron chi connectivity index (χ2n) is 5.88. The average Bonchev–Trinajstić information content (AvgIpc) is 3.18. The van der Waals surface area contributed by atoms with Gasteiger partial charge in [-0.05, 0) is 49.4 Å². The minimum atomic E-state index is -0.557. The number of cyclic esters (lactones) is 1. The number of aliphatic imine (C=N–C) groups is 1. The highest BCUT2D eigenvalue weighted by molar-refractivity contribution is 6.31. The summed E-state index contributed by atoms with van der Waals surface area (Å²) in [5, 5.41) is 4.67. The van der Waals surface area contributed by atoms with E-state index in [-0.39, 0.29) is 17.4 Å². The molecule has 0 aliphatic carbocycles. The highest BCUT2D eigenvalue weighted by Crippen LogP contribution is 2.28. The van der Waals surface area contributed by atoms with Crippen LogP contribution in [0.2, 0.25) is 5.15 Å². The lowest BCUT2D eigenvalue weighted by Crippen LogP contribution is -2.04. The molecule has 7 heteroatoms. The van der Waals surface area contributed by atoms with Crippen molar-refractivity contribution in [2.24, 2.45) is 4.99 Å². The Hall–Kier alpha value is -3.25. The molecule has 0 saturated heterocycles. The van der Waals surface area contributed by atoms with Crippen molar-refractivity contribution in [1.29, 1.82) is 0 Å². The number of rotatable bonds is 3. The second kappa shape index (κ2) is 6.81. The van der Waals surface area contributed by atoms with E-state index in [9.17, 15) is 9.18 Å². The molecular weight excluding hydrogens is 369 g/mol. The standard InChI is InChI=1S/C20H13ClFN3O2/c1-12-16(18(21)25(24-12)15-9-7-14(22)8-10-15)11-17-20(26)27-19(23-17)13-5-3-2-4-6-13/h2-11H,1H3/b17-11+. The molecule has 0 radical (unpaired) electrons. The van der Waals surface area contributed by atoms with E-state index in [1.54, 1.807) is 37.3 Å². The van der Waals surface area contributed by atoms with Gasteiger partial charge >= 0.3 is 5.97 Å². The molecule has 3 aromatic rings. The van der Waals surface area contributed by atoms with Crippen molar-refractivity contribution >= 4 is 29.5 Å². The smallest absolute Gasteiger partial charge is 0.363 e. The Balaban J connectivity index is 1.73. The number of esters is 1. The number of hydrogen-bond donors (Lipinski definition) is 0. The Labute approximate surface area is 159 Å². The highest BCUT2D eigenvalue weighted by Gasteiger charge is 2.25. The molecule has 27 heavy (non-hydrogen) atoms. The van der Waals surface area contributed by atoms with Crippen LogP contribution in [0.25, 0.3) is 11.8 Å². The van der Waals surface area contributed by atoms with Crippen molar-refractivity contribution in [3.63, 3.8) is 0 Å². The zero-order valence-electron chi connectivity index (χ0n) is 14.2. The van der Waals surface area contributed by atoms with Crippen molar-refractivity contribution in [3.8, 4) is 5.69 Å². The van der Waals surface area contributed by atoms with Crippen LogP contribution in [0.1, 0.15) is 16.8 Å². The Morgan fingerprint density at radius 2 is 1.81 bits per heavy atom. The number of nitrogens with zero attached hydrogens (tertiary/aromatic N) is 3. The summed E-state index contributed by atoms with van der Waals surface area (Å²) in [5.74, 6) is -0.664. The third-order valence-electron chi connectivity index (χ3n) is 4.04. The van der Waals surface area contributed by atoms with Crippen LogP contribution >= 0.6 is 11.6 Å². The van der Waals surface area contributed by atoms with Crippen LogP contribution in [-0.4, -0.2) is 21.6 Å². The van der Waals surface area contributed by atoms with E-state index < -0.39 is 5.97 Å². The Morgan fingerprint density at radius 1 is 1.11 bits per heavy atom. The fourth-order valence-corrected chi connectivity index (χ4v) is 3.01. The third kappa shape index (κ3) is 3.27. The van der Waals surface area contributed by atoms with Gasteiger partial charge in [-0.2, -0.15) is 5.10 Å². The Kier molecular flexibility index (Phi) is 4.33. The molecule has 2 aromatic carbocycles. The molecule has 0 amide bonds. The lowest BCUT2D eigenvalue weighted by Gasteiger charge is -2.02. The zero-order chi connectivity index (χ0) is 19.0. The molecule has 2 heterocycles. The molecule has 1 aliphatic rings. The van der Waals surface area contributed by atoms with Gasteiger partial charge in [-0.15, -0.1) is 0 Å². The lowest BCUT2D eigenvalue weighted by molar-refractivity contribution is -0.129. The first kappa shape index (κ1) is 17.2. The van der Waals surface area contributed by atoms with E-state index in [1.807, 2.05) is 18.2 Å². The molecule has 4 rings (SSSR count). The van der Waals surface area contributed by atoms with Crippen LogP contribution in [0, 0.1) is 12.7 Å². The molecule has 5 nitrogen and oxygen atoms in total. The molecule has 1 aliphatic heterocycles. The van der Waals surface area contributed by atoms with Gasteiger partial charge in [0.1, 0.15) is 11.0 Å². The first-order valence-corrected chi connectivity index (χ1v) is 8.50. The molecule has 1 aromatic heterocycles. The predicted octanol–water partition coefficient (Wildman–Crippen LogP) is 4.32. The zero-order valence-corrected chi connectivity index (χ0v) is 14.9. The third-order valence-corrected chi connectivity index (χ3v) is 4.41. The van der Waals surface area contributed by atoms with Gasteiger partial charge in [0.2, 0.25) is 5.90 Å². The number of ether oxygens (including phenoxy) is 1. The minimum Gasteiger partial charge on any atom is -0.402 e. The van der Waals surface area contributed by atoms with Gasteiger partial charge in [0.15, 0.2) is 5.70 Å². The van der Waals surface area contributed by atoms with E-state index in [4.69, 9.17) is 16.3 Å². The first-order valence-electron chi connectivity index (χ1n) is 8.12. The van der Waals surface area contributed by atoms with Crippen molar-refractivity contribution in [2.75, 3.05) is 0 Å². The maximum Gasteiger partial charge on any atom is 0.363 e. The van der Waals surface area contributed by atoms with Crippen molar-refractivity contribution < 1.29 is 13.9 Å². The van der Waals surface area contributed by atoms with Crippen LogP contribution in [0.4, 0.5) is 4.39 Å². The number of carbonyl (C=O) groups excluding carboxylic acids is 1. The lowest BCUT2D eigenvalue weighted by atomic mass is 10.2. The fourth-order valence-electron chi connectivity index (χ4n) is 2.68. The van der Waals surface area contributed by atoms with Crippen molar-refractivity contribution in [3.05, 3.63) is 88.1 Å². The number of aryl methyl sites for hydroxylation is 1. The summed E-state index contributed by atoms with van der Waals surface area (Å²) in [5.41, 5.74) is 2.60. The topological polar surface area (TPSA) is 56.5 Å².